The van der Waals surface area contributed by atoms with Gasteiger partial charge in [-0.25, -0.2) is 0 Å². The summed E-state index contributed by atoms with van der Waals surface area (Å²) in [6.07, 6.45) is 2.25. The zero-order chi connectivity index (χ0) is 12.1. The highest BCUT2D eigenvalue weighted by molar-refractivity contribution is 7.99. The number of nitrogens with two attached hydrogens (primary N) is 1. The molecule has 0 aliphatic carbocycles. The second kappa shape index (κ2) is 6.07. The Kier molecular flexibility index (Phi) is 4.45. The first kappa shape index (κ1) is 12.5. The van der Waals surface area contributed by atoms with E-state index in [9.17, 15) is 4.79 Å². The third kappa shape index (κ3) is 3.48. The third-order valence-electron chi connectivity index (χ3n) is 2.95. The number of carbonyl (C=O) groups is 1. The van der Waals surface area contributed by atoms with E-state index in [4.69, 9.17) is 5.73 Å². The highest BCUT2D eigenvalue weighted by Gasteiger charge is 2.20. The molecule has 0 radical (unpaired) electrons. The van der Waals surface area contributed by atoms with Gasteiger partial charge in [-0.1, -0.05) is 30.3 Å². The normalized spacial score (nSPS) is 21.8. The van der Waals surface area contributed by atoms with Crippen molar-refractivity contribution in [2.24, 2.45) is 5.73 Å². The molecule has 3 nitrogen and oxygen atoms in total. The van der Waals surface area contributed by atoms with E-state index in [1.165, 1.54) is 12.2 Å². The van der Waals surface area contributed by atoms with E-state index >= 15 is 0 Å². The van der Waals surface area contributed by atoms with E-state index in [0.29, 0.717) is 0 Å². The molecule has 1 unspecified atom stereocenters. The molecule has 1 saturated heterocycles. The smallest absolute Gasteiger partial charge is 0.241 e. The summed E-state index contributed by atoms with van der Waals surface area (Å²) in [5, 5.41) is 3.03. The van der Waals surface area contributed by atoms with Crippen molar-refractivity contribution in [1.29, 1.82) is 0 Å². The fourth-order valence-corrected chi connectivity index (χ4v) is 3.03. The van der Waals surface area contributed by atoms with E-state index < -0.39 is 6.04 Å². The first-order valence-corrected chi connectivity index (χ1v) is 7.11. The molecule has 1 amide bonds. The van der Waals surface area contributed by atoms with Gasteiger partial charge in [0, 0.05) is 11.8 Å². The lowest BCUT2D eigenvalue weighted by Gasteiger charge is -2.24. The van der Waals surface area contributed by atoms with Crippen LogP contribution in [0.1, 0.15) is 24.4 Å². The van der Waals surface area contributed by atoms with Gasteiger partial charge < -0.3 is 11.1 Å². The number of carbonyl (C=O) groups excluding carboxylic acids is 1. The average Bonchev–Trinajstić information content (AvgIpc) is 2.40. The highest BCUT2D eigenvalue weighted by atomic mass is 32.2. The molecule has 1 heterocycles. The van der Waals surface area contributed by atoms with Crippen LogP contribution in [0.3, 0.4) is 0 Å². The summed E-state index contributed by atoms with van der Waals surface area (Å²) in [6.45, 7) is 0. The molecule has 3 N–H and O–H groups in total. The van der Waals surface area contributed by atoms with Crippen molar-refractivity contribution in [3.8, 4) is 0 Å². The topological polar surface area (TPSA) is 55.1 Å². The van der Waals surface area contributed by atoms with Gasteiger partial charge in [0.15, 0.2) is 0 Å². The van der Waals surface area contributed by atoms with E-state index in [2.05, 4.69) is 5.32 Å². The number of thioether (sulfide) groups is 1. The van der Waals surface area contributed by atoms with Crippen LogP contribution in [-0.2, 0) is 4.79 Å². The van der Waals surface area contributed by atoms with Crippen LogP contribution in [0.4, 0.5) is 0 Å². The Labute approximate surface area is 106 Å². The predicted molar refractivity (Wildman–Crippen MR) is 71.9 cm³/mol. The lowest BCUT2D eigenvalue weighted by atomic mass is 10.1. The van der Waals surface area contributed by atoms with Crippen molar-refractivity contribution < 1.29 is 4.79 Å². The van der Waals surface area contributed by atoms with Gasteiger partial charge in [-0.3, -0.25) is 4.79 Å². The lowest BCUT2D eigenvalue weighted by molar-refractivity contribution is -0.123. The van der Waals surface area contributed by atoms with Gasteiger partial charge in [-0.2, -0.15) is 11.8 Å². The van der Waals surface area contributed by atoms with E-state index in [0.717, 1.165) is 17.7 Å². The number of amides is 1. The highest BCUT2D eigenvalue weighted by Crippen LogP contribution is 2.18. The third-order valence-corrected chi connectivity index (χ3v) is 4.16. The minimum absolute atomic E-state index is 0.0660. The molecule has 0 aromatic heterocycles. The first-order chi connectivity index (χ1) is 8.27. The number of benzene rings is 1. The number of nitrogens with one attached hydrogen (secondary N) is 1. The molecule has 1 aliphatic rings. The van der Waals surface area contributed by atoms with Crippen molar-refractivity contribution in [3.05, 3.63) is 35.9 Å². The fourth-order valence-electron chi connectivity index (χ4n) is 1.96. The Morgan fingerprint density at radius 1 is 1.41 bits per heavy atom. The van der Waals surface area contributed by atoms with Crippen LogP contribution in [0, 0.1) is 0 Å². The molecule has 1 aromatic rings. The van der Waals surface area contributed by atoms with Crippen LogP contribution < -0.4 is 11.1 Å². The minimum Gasteiger partial charge on any atom is -0.351 e. The number of hydrogen-bond acceptors (Lipinski definition) is 3. The van der Waals surface area contributed by atoms with Crippen LogP contribution in [0.25, 0.3) is 0 Å². The summed E-state index contributed by atoms with van der Waals surface area (Å²) < 4.78 is 0. The van der Waals surface area contributed by atoms with Gasteiger partial charge >= 0.3 is 0 Å². The minimum atomic E-state index is -0.553. The molecule has 2 atom stereocenters. The Morgan fingerprint density at radius 2 is 2.18 bits per heavy atom. The monoisotopic (exact) mass is 250 g/mol. The average molecular weight is 250 g/mol. The van der Waals surface area contributed by atoms with Gasteiger partial charge in [-0.05, 0) is 24.2 Å². The fraction of sp³-hybridized carbons (Fsp3) is 0.462. The summed E-state index contributed by atoms with van der Waals surface area (Å²) in [4.78, 5) is 12.0. The molecule has 1 fully saturated rings. The van der Waals surface area contributed by atoms with Gasteiger partial charge in [0.25, 0.3) is 0 Å². The molecule has 0 bridgehead atoms. The van der Waals surface area contributed by atoms with Gasteiger partial charge in [0.2, 0.25) is 5.91 Å². The second-order valence-electron chi connectivity index (χ2n) is 4.31. The van der Waals surface area contributed by atoms with E-state index in [1.54, 1.807) is 0 Å². The molecule has 1 aromatic carbocycles. The standard InChI is InChI=1S/C13H18N2OS/c14-12(10-5-2-1-3-6-10)13(16)15-11-7-4-8-17-9-11/h1-3,5-6,11-12H,4,7-9,14H2,(H,15,16)/t11?,12-/m1/s1. The van der Waals surface area contributed by atoms with Crippen LogP contribution >= 0.6 is 11.8 Å². The summed E-state index contributed by atoms with van der Waals surface area (Å²) in [6, 6.07) is 9.24. The zero-order valence-corrected chi connectivity index (χ0v) is 10.6. The predicted octanol–water partition coefficient (Wildman–Crippen LogP) is 1.70. The largest absolute Gasteiger partial charge is 0.351 e. The molecular weight excluding hydrogens is 232 g/mol. The van der Waals surface area contributed by atoms with Gasteiger partial charge in [0.05, 0.1) is 0 Å². The number of hydrogen-bond donors (Lipinski definition) is 2. The maximum Gasteiger partial charge on any atom is 0.241 e. The van der Waals surface area contributed by atoms with Gasteiger partial charge in [0.1, 0.15) is 6.04 Å². The SMILES string of the molecule is N[C@@H](C(=O)NC1CCCSC1)c1ccccc1. The van der Waals surface area contributed by atoms with Crippen molar-refractivity contribution in [2.75, 3.05) is 11.5 Å². The Balaban J connectivity index is 1.91. The van der Waals surface area contributed by atoms with Crippen molar-refractivity contribution in [2.45, 2.75) is 24.9 Å². The van der Waals surface area contributed by atoms with E-state index in [1.807, 2.05) is 42.1 Å². The van der Waals surface area contributed by atoms with Crippen LogP contribution in [0.2, 0.25) is 0 Å². The van der Waals surface area contributed by atoms with E-state index in [-0.39, 0.29) is 11.9 Å². The molecule has 92 valence electrons. The molecule has 17 heavy (non-hydrogen) atoms. The molecule has 0 spiro atoms. The summed E-state index contributed by atoms with van der Waals surface area (Å²) in [7, 11) is 0. The first-order valence-electron chi connectivity index (χ1n) is 5.96. The molecular formula is C13H18N2OS. The quantitative estimate of drug-likeness (QED) is 0.858. The summed E-state index contributed by atoms with van der Waals surface area (Å²) in [5.41, 5.74) is 6.81. The second-order valence-corrected chi connectivity index (χ2v) is 5.46. The molecule has 2 rings (SSSR count). The van der Waals surface area contributed by atoms with Crippen LogP contribution in [0.15, 0.2) is 30.3 Å². The van der Waals surface area contributed by atoms with Crippen molar-refractivity contribution in [1.82, 2.24) is 5.32 Å². The molecule has 1 aliphatic heterocycles. The van der Waals surface area contributed by atoms with Crippen molar-refractivity contribution >= 4 is 17.7 Å². The molecule has 0 saturated carbocycles. The summed E-state index contributed by atoms with van der Waals surface area (Å²) >= 11 is 1.90. The zero-order valence-electron chi connectivity index (χ0n) is 9.76. The van der Waals surface area contributed by atoms with Gasteiger partial charge in [-0.15, -0.1) is 0 Å². The Bertz CT molecular complexity index is 363. The van der Waals surface area contributed by atoms with Crippen LogP contribution in [0.5, 0.6) is 0 Å². The Morgan fingerprint density at radius 3 is 2.82 bits per heavy atom. The Hall–Kier alpha value is -1.00. The maximum atomic E-state index is 12.0. The van der Waals surface area contributed by atoms with Crippen LogP contribution in [-0.4, -0.2) is 23.5 Å². The molecule has 4 heteroatoms. The summed E-state index contributed by atoms with van der Waals surface area (Å²) in [5.74, 6) is 2.15. The number of rotatable bonds is 3. The lowest BCUT2D eigenvalue weighted by Crippen LogP contribution is -2.43. The maximum absolute atomic E-state index is 12.0. The van der Waals surface area contributed by atoms with Crippen molar-refractivity contribution in [3.63, 3.8) is 0 Å².